The molecule has 7 nitrogen and oxygen atoms in total. The topological polar surface area (TPSA) is 71.0 Å². The molecular formula is C20H25BrF2N4O3. The van der Waals surface area contributed by atoms with Crippen LogP contribution in [0.5, 0.6) is 6.01 Å². The number of anilines is 1. The molecule has 2 aliphatic rings. The first-order valence-corrected chi connectivity index (χ1v) is 10.7. The van der Waals surface area contributed by atoms with Crippen LogP contribution in [0.4, 0.5) is 14.6 Å². The zero-order valence-corrected chi connectivity index (χ0v) is 18.6. The second kappa shape index (κ2) is 8.49. The Bertz CT molecular complexity index is 942. The molecule has 0 bridgehead atoms. The SMILES string of the molecule is CN(C)CC1(COc2nc(N3CCOC[C@@H](O)C3)c3cc(F)c(Br)c(F)c3n2)CC1. The summed E-state index contributed by atoms with van der Waals surface area (Å²) in [5.74, 6) is -1.23. The molecule has 1 aromatic carbocycles. The van der Waals surface area contributed by atoms with Gasteiger partial charge in [0.15, 0.2) is 5.82 Å². The lowest BCUT2D eigenvalue weighted by Gasteiger charge is -2.25. The third kappa shape index (κ3) is 4.51. The molecule has 2 aromatic rings. The molecule has 1 atom stereocenters. The Balaban J connectivity index is 1.72. The lowest BCUT2D eigenvalue weighted by Crippen LogP contribution is -2.33. The molecule has 4 rings (SSSR count). The van der Waals surface area contributed by atoms with E-state index in [4.69, 9.17) is 9.47 Å². The number of aliphatic hydroxyl groups is 1. The van der Waals surface area contributed by atoms with Gasteiger partial charge in [0.1, 0.15) is 17.2 Å². The molecule has 0 unspecified atom stereocenters. The van der Waals surface area contributed by atoms with Crippen LogP contribution in [0, 0.1) is 17.0 Å². The second-order valence-corrected chi connectivity index (χ2v) is 9.21. The first kappa shape index (κ1) is 21.6. The molecule has 164 valence electrons. The van der Waals surface area contributed by atoms with E-state index in [1.165, 1.54) is 6.07 Å². The Kier molecular flexibility index (Phi) is 6.11. The summed E-state index contributed by atoms with van der Waals surface area (Å²) in [5, 5.41) is 10.3. The highest BCUT2D eigenvalue weighted by molar-refractivity contribution is 9.10. The number of benzene rings is 1. The summed E-state index contributed by atoms with van der Waals surface area (Å²) in [4.78, 5) is 12.6. The second-order valence-electron chi connectivity index (χ2n) is 8.41. The number of aromatic nitrogens is 2. The number of ether oxygens (including phenoxy) is 2. The van der Waals surface area contributed by atoms with Gasteiger partial charge in [0.2, 0.25) is 0 Å². The van der Waals surface area contributed by atoms with Crippen molar-refractivity contribution in [1.29, 1.82) is 0 Å². The van der Waals surface area contributed by atoms with Crippen molar-refractivity contribution in [2.24, 2.45) is 5.41 Å². The normalized spacial score (nSPS) is 21.2. The Morgan fingerprint density at radius 1 is 1.37 bits per heavy atom. The van der Waals surface area contributed by atoms with Crippen LogP contribution in [0.2, 0.25) is 0 Å². The molecule has 0 spiro atoms. The van der Waals surface area contributed by atoms with Gasteiger partial charge in [-0.3, -0.25) is 0 Å². The summed E-state index contributed by atoms with van der Waals surface area (Å²) in [6.45, 7) is 2.53. The first-order chi connectivity index (χ1) is 14.3. The van der Waals surface area contributed by atoms with Gasteiger partial charge in [-0.25, -0.2) is 8.78 Å². The van der Waals surface area contributed by atoms with Gasteiger partial charge < -0.3 is 24.4 Å². The fourth-order valence-electron chi connectivity index (χ4n) is 3.84. The van der Waals surface area contributed by atoms with Crippen molar-refractivity contribution >= 4 is 32.7 Å². The predicted molar refractivity (Wildman–Crippen MR) is 112 cm³/mol. The molecule has 1 aliphatic carbocycles. The maximum Gasteiger partial charge on any atom is 0.319 e. The fraction of sp³-hybridized carbons (Fsp3) is 0.600. The molecule has 1 saturated heterocycles. The van der Waals surface area contributed by atoms with E-state index in [-0.39, 0.29) is 40.0 Å². The monoisotopic (exact) mass is 486 g/mol. The summed E-state index contributed by atoms with van der Waals surface area (Å²) in [6, 6.07) is 1.24. The van der Waals surface area contributed by atoms with Gasteiger partial charge in [-0.1, -0.05) is 0 Å². The maximum atomic E-state index is 14.9. The van der Waals surface area contributed by atoms with Gasteiger partial charge in [0.05, 0.1) is 30.4 Å². The molecule has 10 heteroatoms. The minimum atomic E-state index is -0.806. The van der Waals surface area contributed by atoms with Gasteiger partial charge in [-0.05, 0) is 48.9 Å². The van der Waals surface area contributed by atoms with Crippen LogP contribution in [-0.4, -0.2) is 79.6 Å². The average molecular weight is 487 g/mol. The third-order valence-electron chi connectivity index (χ3n) is 5.45. The van der Waals surface area contributed by atoms with E-state index in [1.807, 2.05) is 14.1 Å². The maximum absolute atomic E-state index is 14.9. The first-order valence-electron chi connectivity index (χ1n) is 9.91. The van der Waals surface area contributed by atoms with Crippen molar-refractivity contribution in [3.8, 4) is 6.01 Å². The molecular weight excluding hydrogens is 462 g/mol. The fourth-order valence-corrected chi connectivity index (χ4v) is 4.14. The van der Waals surface area contributed by atoms with Crippen LogP contribution in [0.3, 0.4) is 0 Å². The molecule has 0 radical (unpaired) electrons. The zero-order valence-electron chi connectivity index (χ0n) is 17.0. The number of fused-ring (bicyclic) bond motifs is 1. The number of nitrogens with zero attached hydrogens (tertiary/aromatic N) is 4. The van der Waals surface area contributed by atoms with Crippen LogP contribution >= 0.6 is 15.9 Å². The highest BCUT2D eigenvalue weighted by Gasteiger charge is 2.44. The van der Waals surface area contributed by atoms with Crippen molar-refractivity contribution in [2.45, 2.75) is 18.9 Å². The van der Waals surface area contributed by atoms with Crippen LogP contribution in [0.25, 0.3) is 10.9 Å². The number of β-amino-alcohol motifs (C(OH)–C–C–N with tert-alkyl or cyclic N) is 1. The third-order valence-corrected chi connectivity index (χ3v) is 6.18. The summed E-state index contributed by atoms with van der Waals surface area (Å²) in [6.07, 6.45) is 1.36. The standard InChI is InChI=1S/C20H25BrF2N4O3/c1-26(2)10-20(3-4-20)11-30-19-24-17-13(7-14(22)15(21)16(17)23)18(25-19)27-5-6-29-9-12(28)8-27/h7,12,28H,3-6,8-11H2,1-2H3/t12-/m0/s1. The van der Waals surface area contributed by atoms with Crippen LogP contribution in [0.1, 0.15) is 12.8 Å². The molecule has 2 fully saturated rings. The average Bonchev–Trinajstić information content (AvgIpc) is 3.48. The number of halogens is 3. The van der Waals surface area contributed by atoms with E-state index in [1.54, 1.807) is 4.90 Å². The van der Waals surface area contributed by atoms with Crippen LogP contribution in [0.15, 0.2) is 10.5 Å². The van der Waals surface area contributed by atoms with Gasteiger partial charge in [-0.15, -0.1) is 0 Å². The summed E-state index contributed by atoms with van der Waals surface area (Å²) >= 11 is 2.94. The largest absolute Gasteiger partial charge is 0.463 e. The van der Waals surface area contributed by atoms with Crippen molar-refractivity contribution in [2.75, 3.05) is 58.5 Å². The number of hydrogen-bond donors (Lipinski definition) is 1. The summed E-state index contributed by atoms with van der Waals surface area (Å²) < 4.78 is 40.2. The highest BCUT2D eigenvalue weighted by atomic mass is 79.9. The van der Waals surface area contributed by atoms with Gasteiger partial charge in [0, 0.05) is 30.4 Å². The van der Waals surface area contributed by atoms with Crippen molar-refractivity contribution in [3.05, 3.63) is 22.2 Å². The van der Waals surface area contributed by atoms with E-state index >= 15 is 0 Å². The lowest BCUT2D eigenvalue weighted by atomic mass is 10.1. The minimum absolute atomic E-state index is 0.0274. The van der Waals surface area contributed by atoms with Crippen molar-refractivity contribution in [3.63, 3.8) is 0 Å². The van der Waals surface area contributed by atoms with E-state index in [9.17, 15) is 13.9 Å². The van der Waals surface area contributed by atoms with E-state index in [0.29, 0.717) is 25.6 Å². The molecule has 0 amide bonds. The summed E-state index contributed by atoms with van der Waals surface area (Å²) in [5.41, 5.74) is 0.0247. The Hall–Kier alpha value is -1.62. The number of aliphatic hydroxyl groups excluding tert-OH is 1. The number of hydrogen-bond acceptors (Lipinski definition) is 7. The quantitative estimate of drug-likeness (QED) is 0.629. The predicted octanol–water partition coefficient (Wildman–Crippen LogP) is 2.59. The van der Waals surface area contributed by atoms with Crippen LogP contribution in [-0.2, 0) is 4.74 Å². The minimum Gasteiger partial charge on any atom is -0.463 e. The Morgan fingerprint density at radius 2 is 2.13 bits per heavy atom. The van der Waals surface area contributed by atoms with E-state index in [2.05, 4.69) is 30.8 Å². The Morgan fingerprint density at radius 3 is 2.83 bits per heavy atom. The van der Waals surface area contributed by atoms with Crippen LogP contribution < -0.4 is 9.64 Å². The smallest absolute Gasteiger partial charge is 0.319 e. The highest BCUT2D eigenvalue weighted by Crippen LogP contribution is 2.46. The van der Waals surface area contributed by atoms with Gasteiger partial charge in [0.25, 0.3) is 0 Å². The number of rotatable bonds is 6. The molecule has 2 heterocycles. The molecule has 1 N–H and O–H groups in total. The van der Waals surface area contributed by atoms with Gasteiger partial charge in [-0.2, -0.15) is 9.97 Å². The zero-order chi connectivity index (χ0) is 21.5. The molecule has 1 saturated carbocycles. The molecule has 1 aromatic heterocycles. The lowest BCUT2D eigenvalue weighted by molar-refractivity contribution is 0.0597. The van der Waals surface area contributed by atoms with E-state index < -0.39 is 17.7 Å². The van der Waals surface area contributed by atoms with Gasteiger partial charge >= 0.3 is 6.01 Å². The van der Waals surface area contributed by atoms with Crippen molar-refractivity contribution in [1.82, 2.24) is 14.9 Å². The Labute approximate surface area is 182 Å². The van der Waals surface area contributed by atoms with E-state index in [0.717, 1.165) is 19.4 Å². The van der Waals surface area contributed by atoms with Crippen molar-refractivity contribution < 1.29 is 23.4 Å². The molecule has 30 heavy (non-hydrogen) atoms. The molecule has 1 aliphatic heterocycles. The summed E-state index contributed by atoms with van der Waals surface area (Å²) in [7, 11) is 4.03.